The van der Waals surface area contributed by atoms with Gasteiger partial charge in [-0.05, 0) is 19.4 Å². The Hall–Kier alpha value is -1.39. The van der Waals surface area contributed by atoms with Gasteiger partial charge in [-0.3, -0.25) is 0 Å². The van der Waals surface area contributed by atoms with Crippen molar-refractivity contribution in [2.24, 2.45) is 5.73 Å². The van der Waals surface area contributed by atoms with Crippen LogP contribution in [0.3, 0.4) is 0 Å². The molecule has 0 radical (unpaired) electrons. The first-order chi connectivity index (χ1) is 8.70. The second-order valence-corrected chi connectivity index (χ2v) is 5.26. The lowest BCUT2D eigenvalue weighted by atomic mass is 10.0. The number of para-hydroxylation sites is 1. The van der Waals surface area contributed by atoms with E-state index in [4.69, 9.17) is 10.5 Å². The van der Waals surface area contributed by atoms with Gasteiger partial charge < -0.3 is 10.5 Å². The predicted octanol–water partition coefficient (Wildman–Crippen LogP) is 3.44. The van der Waals surface area contributed by atoms with Crippen LogP contribution < -0.4 is 10.5 Å². The molecule has 0 aliphatic rings. The van der Waals surface area contributed by atoms with Gasteiger partial charge >= 0.3 is 0 Å². The molecule has 18 heavy (non-hydrogen) atoms. The number of thiazole rings is 1. The van der Waals surface area contributed by atoms with Gasteiger partial charge in [0.25, 0.3) is 0 Å². The van der Waals surface area contributed by atoms with Crippen molar-refractivity contribution in [1.29, 1.82) is 0 Å². The highest BCUT2D eigenvalue weighted by Gasteiger charge is 2.10. The summed E-state index contributed by atoms with van der Waals surface area (Å²) in [6.07, 6.45) is 0.899. The molecule has 3 nitrogen and oxygen atoms in total. The molecule has 1 aromatic carbocycles. The lowest BCUT2D eigenvalue weighted by Gasteiger charge is -2.15. The third-order valence-corrected chi connectivity index (χ3v) is 3.62. The zero-order chi connectivity index (χ0) is 13.0. The molecule has 4 heteroatoms. The van der Waals surface area contributed by atoms with Gasteiger partial charge in [0.2, 0.25) is 0 Å². The van der Waals surface area contributed by atoms with E-state index in [9.17, 15) is 0 Å². The van der Waals surface area contributed by atoms with Gasteiger partial charge in [0.15, 0.2) is 0 Å². The summed E-state index contributed by atoms with van der Waals surface area (Å²) < 4.78 is 5.82. The SMILES string of the molecule is CC[C@@H](N)c1ccccc1OCc1csc(C)n1. The summed E-state index contributed by atoms with van der Waals surface area (Å²) >= 11 is 1.64. The predicted molar refractivity (Wildman–Crippen MR) is 74.8 cm³/mol. The van der Waals surface area contributed by atoms with Crippen LogP contribution in [0.1, 0.15) is 35.7 Å². The molecular formula is C14H18N2OS. The Balaban J connectivity index is 2.09. The Morgan fingerprint density at radius 1 is 1.39 bits per heavy atom. The van der Waals surface area contributed by atoms with Gasteiger partial charge in [0.1, 0.15) is 12.4 Å². The van der Waals surface area contributed by atoms with E-state index < -0.39 is 0 Å². The van der Waals surface area contributed by atoms with Crippen LogP contribution >= 0.6 is 11.3 Å². The van der Waals surface area contributed by atoms with Crippen molar-refractivity contribution in [2.45, 2.75) is 32.9 Å². The van der Waals surface area contributed by atoms with E-state index in [0.29, 0.717) is 6.61 Å². The Kier molecular flexibility index (Phi) is 4.33. The van der Waals surface area contributed by atoms with Gasteiger partial charge in [-0.1, -0.05) is 25.1 Å². The van der Waals surface area contributed by atoms with Gasteiger partial charge in [0, 0.05) is 17.0 Å². The summed E-state index contributed by atoms with van der Waals surface area (Å²) in [5.41, 5.74) is 8.11. The summed E-state index contributed by atoms with van der Waals surface area (Å²) in [6, 6.07) is 7.97. The number of nitrogens with zero attached hydrogens (tertiary/aromatic N) is 1. The largest absolute Gasteiger partial charge is 0.487 e. The van der Waals surface area contributed by atoms with Crippen molar-refractivity contribution in [3.63, 3.8) is 0 Å². The molecule has 0 aliphatic carbocycles. The monoisotopic (exact) mass is 262 g/mol. The lowest BCUT2D eigenvalue weighted by Crippen LogP contribution is -2.10. The molecule has 2 rings (SSSR count). The average molecular weight is 262 g/mol. The van der Waals surface area contributed by atoms with Gasteiger partial charge in [0.05, 0.1) is 10.7 Å². The molecule has 0 aliphatic heterocycles. The molecule has 0 unspecified atom stereocenters. The van der Waals surface area contributed by atoms with Crippen LogP contribution in [0.5, 0.6) is 5.75 Å². The number of aryl methyl sites for hydroxylation is 1. The van der Waals surface area contributed by atoms with E-state index in [0.717, 1.165) is 28.4 Å². The Morgan fingerprint density at radius 2 is 2.17 bits per heavy atom. The number of benzene rings is 1. The minimum atomic E-state index is 0.0263. The normalized spacial score (nSPS) is 12.4. The maximum Gasteiger partial charge on any atom is 0.131 e. The van der Waals surface area contributed by atoms with E-state index >= 15 is 0 Å². The highest BCUT2D eigenvalue weighted by molar-refractivity contribution is 7.09. The van der Waals surface area contributed by atoms with Crippen LogP contribution in [0.2, 0.25) is 0 Å². The van der Waals surface area contributed by atoms with Gasteiger partial charge in [-0.25, -0.2) is 4.98 Å². The number of ether oxygens (including phenoxy) is 1. The van der Waals surface area contributed by atoms with Crippen molar-refractivity contribution in [3.8, 4) is 5.75 Å². The van der Waals surface area contributed by atoms with Gasteiger partial charge in [-0.15, -0.1) is 11.3 Å². The Bertz CT molecular complexity index is 510. The van der Waals surface area contributed by atoms with Crippen LogP contribution in [-0.4, -0.2) is 4.98 Å². The molecule has 96 valence electrons. The smallest absolute Gasteiger partial charge is 0.131 e. The molecule has 2 aromatic rings. The number of nitrogens with two attached hydrogens (primary N) is 1. The molecule has 1 heterocycles. The zero-order valence-electron chi connectivity index (χ0n) is 10.7. The quantitative estimate of drug-likeness (QED) is 0.898. The van der Waals surface area contributed by atoms with E-state index in [1.54, 1.807) is 11.3 Å². The average Bonchev–Trinajstić information content (AvgIpc) is 2.81. The van der Waals surface area contributed by atoms with Crippen LogP contribution in [-0.2, 0) is 6.61 Å². The highest BCUT2D eigenvalue weighted by Crippen LogP contribution is 2.26. The highest BCUT2D eigenvalue weighted by atomic mass is 32.1. The summed E-state index contributed by atoms with van der Waals surface area (Å²) in [4.78, 5) is 4.38. The first-order valence-corrected chi connectivity index (χ1v) is 6.97. The first-order valence-electron chi connectivity index (χ1n) is 6.09. The van der Waals surface area contributed by atoms with Crippen LogP contribution in [0, 0.1) is 6.92 Å². The molecule has 0 saturated heterocycles. The third-order valence-electron chi connectivity index (χ3n) is 2.80. The molecule has 0 amide bonds. The fraction of sp³-hybridized carbons (Fsp3) is 0.357. The number of hydrogen-bond donors (Lipinski definition) is 1. The van der Waals surface area contributed by atoms with Crippen molar-refractivity contribution in [2.75, 3.05) is 0 Å². The molecule has 0 saturated carbocycles. The van der Waals surface area contributed by atoms with Crippen LogP contribution in [0.4, 0.5) is 0 Å². The van der Waals surface area contributed by atoms with Crippen LogP contribution in [0.15, 0.2) is 29.6 Å². The Morgan fingerprint density at radius 3 is 2.83 bits per heavy atom. The topological polar surface area (TPSA) is 48.1 Å². The minimum Gasteiger partial charge on any atom is -0.487 e. The second kappa shape index (κ2) is 5.98. The molecule has 2 N–H and O–H groups in total. The summed E-state index contributed by atoms with van der Waals surface area (Å²) in [7, 11) is 0. The molecule has 1 atom stereocenters. The molecule has 0 fully saturated rings. The van der Waals surface area contributed by atoms with Crippen molar-refractivity contribution >= 4 is 11.3 Å². The number of hydrogen-bond acceptors (Lipinski definition) is 4. The van der Waals surface area contributed by atoms with E-state index in [1.165, 1.54) is 0 Å². The first kappa shape index (κ1) is 13.1. The molecule has 1 aromatic heterocycles. The van der Waals surface area contributed by atoms with Gasteiger partial charge in [-0.2, -0.15) is 0 Å². The van der Waals surface area contributed by atoms with E-state index in [2.05, 4.69) is 11.9 Å². The van der Waals surface area contributed by atoms with E-state index in [-0.39, 0.29) is 6.04 Å². The van der Waals surface area contributed by atoms with Crippen molar-refractivity contribution in [1.82, 2.24) is 4.98 Å². The lowest BCUT2D eigenvalue weighted by molar-refractivity contribution is 0.296. The second-order valence-electron chi connectivity index (χ2n) is 4.20. The fourth-order valence-corrected chi connectivity index (χ4v) is 2.36. The molecule has 0 bridgehead atoms. The third kappa shape index (κ3) is 3.09. The maximum atomic E-state index is 6.07. The van der Waals surface area contributed by atoms with Crippen molar-refractivity contribution < 1.29 is 4.74 Å². The zero-order valence-corrected chi connectivity index (χ0v) is 11.5. The summed E-state index contributed by atoms with van der Waals surface area (Å²) in [5.74, 6) is 0.859. The fourth-order valence-electron chi connectivity index (χ4n) is 1.76. The minimum absolute atomic E-state index is 0.0263. The molecular weight excluding hydrogens is 244 g/mol. The van der Waals surface area contributed by atoms with Crippen molar-refractivity contribution in [3.05, 3.63) is 45.9 Å². The standard InChI is InChI=1S/C14H18N2OS/c1-3-13(15)12-6-4-5-7-14(12)17-8-11-9-18-10(2)16-11/h4-7,9,13H,3,8,15H2,1-2H3/t13-/m1/s1. The molecule has 0 spiro atoms. The maximum absolute atomic E-state index is 6.07. The number of rotatable bonds is 5. The Labute approximate surface area is 112 Å². The van der Waals surface area contributed by atoms with E-state index in [1.807, 2.05) is 36.6 Å². The van der Waals surface area contributed by atoms with Crippen LogP contribution in [0.25, 0.3) is 0 Å². The summed E-state index contributed by atoms with van der Waals surface area (Å²) in [5, 5.41) is 3.09. The number of aromatic nitrogens is 1. The summed E-state index contributed by atoms with van der Waals surface area (Å²) in [6.45, 7) is 4.57.